The molecule has 2 aromatic carbocycles. The number of likely N-dealkylation sites (tertiary alicyclic amines) is 1. The van der Waals surface area contributed by atoms with E-state index in [4.69, 9.17) is 4.74 Å². The molecule has 0 bridgehead atoms. The maximum absolute atomic E-state index is 13.1. The van der Waals surface area contributed by atoms with Crippen LogP contribution in [-0.2, 0) is 29.2 Å². The lowest BCUT2D eigenvalue weighted by Gasteiger charge is -2.24. The highest BCUT2D eigenvalue weighted by molar-refractivity contribution is 5.89. The van der Waals surface area contributed by atoms with Gasteiger partial charge in [-0.25, -0.2) is 0 Å². The maximum atomic E-state index is 13.1. The van der Waals surface area contributed by atoms with Crippen LogP contribution < -0.4 is 4.74 Å². The van der Waals surface area contributed by atoms with Crippen LogP contribution in [0.5, 0.6) is 5.75 Å². The van der Waals surface area contributed by atoms with Crippen LogP contribution in [0.15, 0.2) is 48.5 Å². The Balaban J connectivity index is 1.59. The maximum Gasteiger partial charge on any atom is 0.228 e. The number of amides is 2. The van der Waals surface area contributed by atoms with Gasteiger partial charge < -0.3 is 19.4 Å². The lowest BCUT2D eigenvalue weighted by molar-refractivity contribution is -0.136. The van der Waals surface area contributed by atoms with Gasteiger partial charge in [-0.1, -0.05) is 36.4 Å². The first-order chi connectivity index (χ1) is 14.9. The standard InChI is InChI=1S/C25H33N3O3/c1-5-27(16-20-8-6-19(7-9-20)15-26(2)3)25(30)22-14-24(29)28(18-22)17-21-10-12-23(31-4)13-11-21/h6-13,22H,5,14-18H2,1-4H3. The van der Waals surface area contributed by atoms with E-state index in [-0.39, 0.29) is 24.2 Å². The van der Waals surface area contributed by atoms with E-state index in [1.54, 1.807) is 12.0 Å². The number of hydrogen-bond acceptors (Lipinski definition) is 4. The smallest absolute Gasteiger partial charge is 0.228 e. The van der Waals surface area contributed by atoms with Gasteiger partial charge in [-0.15, -0.1) is 0 Å². The quantitative estimate of drug-likeness (QED) is 0.622. The number of methoxy groups -OCH3 is 1. The summed E-state index contributed by atoms with van der Waals surface area (Å²) in [5, 5.41) is 0. The average Bonchev–Trinajstić information content (AvgIpc) is 3.13. The number of rotatable bonds is 9. The van der Waals surface area contributed by atoms with Crippen LogP contribution in [-0.4, -0.2) is 60.8 Å². The van der Waals surface area contributed by atoms with Crippen molar-refractivity contribution in [1.82, 2.24) is 14.7 Å². The van der Waals surface area contributed by atoms with Crippen molar-refractivity contribution in [3.63, 3.8) is 0 Å². The number of nitrogens with zero attached hydrogens (tertiary/aromatic N) is 3. The number of carbonyl (C=O) groups is 2. The molecule has 0 radical (unpaired) electrons. The molecule has 6 nitrogen and oxygen atoms in total. The van der Waals surface area contributed by atoms with Gasteiger partial charge in [0.2, 0.25) is 11.8 Å². The van der Waals surface area contributed by atoms with Crippen molar-refractivity contribution >= 4 is 11.8 Å². The number of carbonyl (C=O) groups excluding carboxylic acids is 2. The average molecular weight is 424 g/mol. The van der Waals surface area contributed by atoms with Crippen molar-refractivity contribution in [1.29, 1.82) is 0 Å². The van der Waals surface area contributed by atoms with E-state index in [9.17, 15) is 9.59 Å². The molecule has 1 fully saturated rings. The third-order valence-electron chi connectivity index (χ3n) is 5.68. The van der Waals surface area contributed by atoms with E-state index in [1.807, 2.05) is 50.2 Å². The summed E-state index contributed by atoms with van der Waals surface area (Å²) in [4.78, 5) is 31.5. The molecule has 0 aromatic heterocycles. The minimum Gasteiger partial charge on any atom is -0.497 e. The van der Waals surface area contributed by atoms with Crippen LogP contribution in [0.4, 0.5) is 0 Å². The van der Waals surface area contributed by atoms with Crippen LogP contribution in [0.2, 0.25) is 0 Å². The van der Waals surface area contributed by atoms with Gasteiger partial charge in [-0.3, -0.25) is 9.59 Å². The molecule has 1 unspecified atom stereocenters. The molecule has 3 rings (SSSR count). The Morgan fingerprint density at radius 3 is 2.13 bits per heavy atom. The van der Waals surface area contributed by atoms with E-state index in [0.717, 1.165) is 23.4 Å². The molecule has 2 amide bonds. The molecule has 1 saturated heterocycles. The molecule has 2 aromatic rings. The summed E-state index contributed by atoms with van der Waals surface area (Å²) < 4.78 is 5.19. The molecule has 1 heterocycles. The van der Waals surface area contributed by atoms with E-state index in [0.29, 0.717) is 26.2 Å². The minimum atomic E-state index is -0.279. The summed E-state index contributed by atoms with van der Waals surface area (Å²) in [6.45, 7) is 5.07. The number of ether oxygens (including phenoxy) is 1. The van der Waals surface area contributed by atoms with E-state index >= 15 is 0 Å². The Kier molecular flexibility index (Phi) is 7.69. The predicted octanol–water partition coefficient (Wildman–Crippen LogP) is 3.15. The van der Waals surface area contributed by atoms with Gasteiger partial charge in [-0.05, 0) is 49.8 Å². The Morgan fingerprint density at radius 1 is 1.00 bits per heavy atom. The van der Waals surface area contributed by atoms with Crippen molar-refractivity contribution in [2.45, 2.75) is 33.0 Å². The second kappa shape index (κ2) is 10.4. The first-order valence-corrected chi connectivity index (χ1v) is 10.8. The van der Waals surface area contributed by atoms with E-state index in [2.05, 4.69) is 29.2 Å². The molecule has 166 valence electrons. The highest BCUT2D eigenvalue weighted by Crippen LogP contribution is 2.24. The molecule has 0 aliphatic carbocycles. The molecule has 0 N–H and O–H groups in total. The highest BCUT2D eigenvalue weighted by Gasteiger charge is 2.36. The molecule has 6 heteroatoms. The summed E-state index contributed by atoms with van der Waals surface area (Å²) >= 11 is 0. The lowest BCUT2D eigenvalue weighted by Crippen LogP contribution is -2.36. The van der Waals surface area contributed by atoms with Crippen molar-refractivity contribution in [2.24, 2.45) is 5.92 Å². The summed E-state index contributed by atoms with van der Waals surface area (Å²) in [6, 6.07) is 16.1. The van der Waals surface area contributed by atoms with Gasteiger partial charge in [-0.2, -0.15) is 0 Å². The molecule has 1 aliphatic heterocycles. The monoisotopic (exact) mass is 423 g/mol. The second-order valence-electron chi connectivity index (χ2n) is 8.43. The molecule has 0 saturated carbocycles. The SMILES string of the molecule is CCN(Cc1ccc(CN(C)C)cc1)C(=O)C1CC(=O)N(Cc2ccc(OC)cc2)C1. The lowest BCUT2D eigenvalue weighted by atomic mass is 10.1. The van der Waals surface area contributed by atoms with Crippen LogP contribution in [0, 0.1) is 5.92 Å². The van der Waals surface area contributed by atoms with Crippen molar-refractivity contribution < 1.29 is 14.3 Å². The Hall–Kier alpha value is -2.86. The third kappa shape index (κ3) is 6.07. The summed E-state index contributed by atoms with van der Waals surface area (Å²) in [5.41, 5.74) is 3.39. The summed E-state index contributed by atoms with van der Waals surface area (Å²) in [6.07, 6.45) is 0.285. The van der Waals surface area contributed by atoms with Gasteiger partial charge in [0.15, 0.2) is 0 Å². The number of benzene rings is 2. The molecule has 0 spiro atoms. The van der Waals surface area contributed by atoms with Crippen molar-refractivity contribution in [2.75, 3.05) is 34.3 Å². The largest absolute Gasteiger partial charge is 0.497 e. The molecule has 31 heavy (non-hydrogen) atoms. The third-order valence-corrected chi connectivity index (χ3v) is 5.68. The minimum absolute atomic E-state index is 0.0401. The van der Waals surface area contributed by atoms with E-state index in [1.165, 1.54) is 5.56 Å². The first-order valence-electron chi connectivity index (χ1n) is 10.8. The van der Waals surface area contributed by atoms with Crippen LogP contribution in [0.25, 0.3) is 0 Å². The first kappa shape index (κ1) is 22.8. The van der Waals surface area contributed by atoms with Gasteiger partial charge in [0.25, 0.3) is 0 Å². The zero-order valence-electron chi connectivity index (χ0n) is 19.0. The van der Waals surface area contributed by atoms with Crippen LogP contribution in [0.1, 0.15) is 30.0 Å². The second-order valence-corrected chi connectivity index (χ2v) is 8.43. The van der Waals surface area contributed by atoms with Gasteiger partial charge in [0.1, 0.15) is 5.75 Å². The normalized spacial score (nSPS) is 16.1. The Bertz CT molecular complexity index is 878. The number of hydrogen-bond donors (Lipinski definition) is 0. The van der Waals surface area contributed by atoms with Gasteiger partial charge in [0, 0.05) is 39.1 Å². The van der Waals surface area contributed by atoms with Crippen molar-refractivity contribution in [3.8, 4) is 5.75 Å². The fourth-order valence-corrected chi connectivity index (χ4v) is 3.98. The topological polar surface area (TPSA) is 53.1 Å². The zero-order chi connectivity index (χ0) is 22.4. The molecule has 1 atom stereocenters. The predicted molar refractivity (Wildman–Crippen MR) is 121 cm³/mol. The summed E-state index contributed by atoms with van der Waals surface area (Å²) in [7, 11) is 5.73. The van der Waals surface area contributed by atoms with Crippen LogP contribution >= 0.6 is 0 Å². The Labute approximate surface area is 185 Å². The highest BCUT2D eigenvalue weighted by atomic mass is 16.5. The molecular formula is C25H33N3O3. The summed E-state index contributed by atoms with van der Waals surface area (Å²) in [5.74, 6) is 0.611. The Morgan fingerprint density at radius 2 is 1.58 bits per heavy atom. The van der Waals surface area contributed by atoms with Gasteiger partial charge in [0.05, 0.1) is 13.0 Å². The fraction of sp³-hybridized carbons (Fsp3) is 0.440. The van der Waals surface area contributed by atoms with Crippen molar-refractivity contribution in [3.05, 3.63) is 65.2 Å². The van der Waals surface area contributed by atoms with Crippen LogP contribution in [0.3, 0.4) is 0 Å². The fourth-order valence-electron chi connectivity index (χ4n) is 3.98. The molecular weight excluding hydrogens is 390 g/mol. The molecule has 1 aliphatic rings. The van der Waals surface area contributed by atoms with E-state index < -0.39 is 0 Å². The zero-order valence-corrected chi connectivity index (χ0v) is 19.0. The van der Waals surface area contributed by atoms with Gasteiger partial charge >= 0.3 is 0 Å².